The second-order valence-corrected chi connectivity index (χ2v) is 6.06. The summed E-state index contributed by atoms with van der Waals surface area (Å²) in [5.74, 6) is -0.135. The van der Waals surface area contributed by atoms with Gasteiger partial charge in [0.05, 0.1) is 0 Å². The van der Waals surface area contributed by atoms with Crippen LogP contribution in [0.3, 0.4) is 0 Å². The fourth-order valence-corrected chi connectivity index (χ4v) is 3.30. The number of hydrogen-bond acceptors (Lipinski definition) is 3. The standard InChI is InChI=1S/C15H31N3O/c1-5-7-9-15(8-6-2,14(16)19)18-11-12(3)17-10-13(18)4/h12-13,17H,5-11H2,1-4H3,(H2,16,19). The number of rotatable bonds is 7. The fourth-order valence-electron chi connectivity index (χ4n) is 3.30. The minimum Gasteiger partial charge on any atom is -0.368 e. The van der Waals surface area contributed by atoms with Gasteiger partial charge in [-0.25, -0.2) is 0 Å². The minimum atomic E-state index is -0.444. The van der Waals surface area contributed by atoms with Crippen molar-refractivity contribution >= 4 is 5.91 Å². The topological polar surface area (TPSA) is 58.4 Å². The molecule has 0 radical (unpaired) electrons. The number of amides is 1. The highest BCUT2D eigenvalue weighted by Gasteiger charge is 2.44. The van der Waals surface area contributed by atoms with E-state index in [0.29, 0.717) is 12.1 Å². The lowest BCUT2D eigenvalue weighted by Gasteiger charge is -2.49. The summed E-state index contributed by atoms with van der Waals surface area (Å²) in [6.45, 7) is 10.5. The maximum atomic E-state index is 12.2. The third kappa shape index (κ3) is 3.69. The molecule has 1 rings (SSSR count). The second kappa shape index (κ2) is 7.25. The molecule has 0 bridgehead atoms. The van der Waals surface area contributed by atoms with Crippen LogP contribution in [0.1, 0.15) is 59.8 Å². The van der Waals surface area contributed by atoms with Crippen molar-refractivity contribution in [1.82, 2.24) is 10.2 Å². The van der Waals surface area contributed by atoms with Crippen LogP contribution in [-0.2, 0) is 4.79 Å². The summed E-state index contributed by atoms with van der Waals surface area (Å²) in [4.78, 5) is 14.6. The molecule has 1 heterocycles. The smallest absolute Gasteiger partial charge is 0.237 e. The van der Waals surface area contributed by atoms with E-state index in [9.17, 15) is 4.79 Å². The zero-order chi connectivity index (χ0) is 14.5. The number of hydrogen-bond donors (Lipinski definition) is 2. The summed E-state index contributed by atoms with van der Waals surface area (Å²) in [6, 6.07) is 0.792. The van der Waals surface area contributed by atoms with Crippen molar-refractivity contribution in [3.8, 4) is 0 Å². The zero-order valence-electron chi connectivity index (χ0n) is 13.0. The molecule has 1 fully saturated rings. The first-order chi connectivity index (χ1) is 8.97. The van der Waals surface area contributed by atoms with Gasteiger partial charge in [0.25, 0.3) is 0 Å². The third-order valence-corrected chi connectivity index (χ3v) is 4.38. The number of carbonyl (C=O) groups excluding carboxylic acids is 1. The van der Waals surface area contributed by atoms with Crippen LogP contribution in [0.4, 0.5) is 0 Å². The molecule has 3 atom stereocenters. The van der Waals surface area contributed by atoms with Gasteiger partial charge in [-0.1, -0.05) is 33.1 Å². The zero-order valence-corrected chi connectivity index (χ0v) is 13.0. The van der Waals surface area contributed by atoms with Crippen LogP contribution in [0, 0.1) is 0 Å². The Hall–Kier alpha value is -0.610. The largest absolute Gasteiger partial charge is 0.368 e. The number of nitrogens with two attached hydrogens (primary N) is 1. The molecule has 0 aliphatic carbocycles. The predicted molar refractivity (Wildman–Crippen MR) is 80.0 cm³/mol. The lowest BCUT2D eigenvalue weighted by Crippen LogP contribution is -2.67. The van der Waals surface area contributed by atoms with Gasteiger partial charge in [-0.2, -0.15) is 0 Å². The van der Waals surface area contributed by atoms with Crippen LogP contribution in [0.5, 0.6) is 0 Å². The van der Waals surface area contributed by atoms with Crippen LogP contribution in [0.15, 0.2) is 0 Å². The molecule has 3 N–H and O–H groups in total. The molecule has 1 aliphatic rings. The Morgan fingerprint density at radius 2 is 2.00 bits per heavy atom. The lowest BCUT2D eigenvalue weighted by molar-refractivity contribution is -0.135. The van der Waals surface area contributed by atoms with E-state index in [1.54, 1.807) is 0 Å². The van der Waals surface area contributed by atoms with Crippen LogP contribution in [0.25, 0.3) is 0 Å². The van der Waals surface area contributed by atoms with E-state index in [2.05, 4.69) is 37.9 Å². The molecule has 0 aromatic heterocycles. The normalized spacial score (nSPS) is 28.0. The molecular formula is C15H31N3O. The summed E-state index contributed by atoms with van der Waals surface area (Å²) in [5, 5.41) is 3.48. The molecule has 4 heteroatoms. The quantitative estimate of drug-likeness (QED) is 0.742. The Labute approximate surface area is 118 Å². The Bertz CT molecular complexity index is 295. The Balaban J connectivity index is 3.00. The van der Waals surface area contributed by atoms with Gasteiger partial charge < -0.3 is 11.1 Å². The van der Waals surface area contributed by atoms with E-state index in [1.165, 1.54) is 0 Å². The van der Waals surface area contributed by atoms with Crippen molar-refractivity contribution in [2.24, 2.45) is 5.73 Å². The SMILES string of the molecule is CCCCC(CCC)(C(N)=O)N1CC(C)NCC1C. The van der Waals surface area contributed by atoms with Crippen molar-refractivity contribution in [3.63, 3.8) is 0 Å². The Morgan fingerprint density at radius 3 is 2.53 bits per heavy atom. The molecule has 1 saturated heterocycles. The highest BCUT2D eigenvalue weighted by Crippen LogP contribution is 2.31. The Kier molecular flexibility index (Phi) is 6.27. The van der Waals surface area contributed by atoms with Crippen molar-refractivity contribution in [3.05, 3.63) is 0 Å². The first kappa shape index (κ1) is 16.4. The number of unbranched alkanes of at least 4 members (excludes halogenated alkanes) is 1. The molecule has 112 valence electrons. The van der Waals surface area contributed by atoms with Gasteiger partial charge >= 0.3 is 0 Å². The van der Waals surface area contributed by atoms with E-state index in [-0.39, 0.29) is 5.91 Å². The van der Waals surface area contributed by atoms with E-state index < -0.39 is 5.54 Å². The number of piperazine rings is 1. The molecule has 3 unspecified atom stereocenters. The second-order valence-electron chi connectivity index (χ2n) is 6.06. The van der Waals surface area contributed by atoms with Crippen molar-refractivity contribution in [2.75, 3.05) is 13.1 Å². The van der Waals surface area contributed by atoms with Crippen LogP contribution in [0.2, 0.25) is 0 Å². The average molecular weight is 269 g/mol. The molecule has 0 saturated carbocycles. The molecular weight excluding hydrogens is 238 g/mol. The Morgan fingerprint density at radius 1 is 1.32 bits per heavy atom. The number of nitrogens with one attached hydrogen (secondary N) is 1. The van der Waals surface area contributed by atoms with E-state index in [1.807, 2.05) is 0 Å². The lowest BCUT2D eigenvalue weighted by atomic mass is 9.83. The number of nitrogens with zero attached hydrogens (tertiary/aromatic N) is 1. The summed E-state index contributed by atoms with van der Waals surface area (Å²) in [6.07, 6.45) is 4.93. The maximum absolute atomic E-state index is 12.2. The third-order valence-electron chi connectivity index (χ3n) is 4.38. The molecule has 1 amide bonds. The molecule has 0 spiro atoms. The summed E-state index contributed by atoms with van der Waals surface area (Å²) in [5.41, 5.74) is 5.39. The molecule has 0 aromatic carbocycles. The fraction of sp³-hybridized carbons (Fsp3) is 0.933. The summed E-state index contributed by atoms with van der Waals surface area (Å²) < 4.78 is 0. The van der Waals surface area contributed by atoms with Crippen LogP contribution in [-0.4, -0.2) is 41.5 Å². The first-order valence-electron chi connectivity index (χ1n) is 7.78. The van der Waals surface area contributed by atoms with Gasteiger partial charge in [-0.3, -0.25) is 9.69 Å². The summed E-state index contributed by atoms with van der Waals surface area (Å²) >= 11 is 0. The van der Waals surface area contributed by atoms with Gasteiger partial charge in [-0.15, -0.1) is 0 Å². The van der Waals surface area contributed by atoms with Crippen molar-refractivity contribution in [2.45, 2.75) is 77.4 Å². The van der Waals surface area contributed by atoms with Crippen molar-refractivity contribution < 1.29 is 4.79 Å². The molecule has 4 nitrogen and oxygen atoms in total. The maximum Gasteiger partial charge on any atom is 0.237 e. The summed E-state index contributed by atoms with van der Waals surface area (Å²) in [7, 11) is 0. The first-order valence-corrected chi connectivity index (χ1v) is 7.78. The van der Waals surface area contributed by atoms with E-state index in [0.717, 1.165) is 45.2 Å². The highest BCUT2D eigenvalue weighted by molar-refractivity contribution is 5.84. The van der Waals surface area contributed by atoms with Gasteiger partial charge in [0, 0.05) is 25.2 Å². The molecule has 19 heavy (non-hydrogen) atoms. The van der Waals surface area contributed by atoms with Gasteiger partial charge in [0.15, 0.2) is 0 Å². The predicted octanol–water partition coefficient (Wildman–Crippen LogP) is 1.88. The molecule has 1 aliphatic heterocycles. The number of carbonyl (C=O) groups is 1. The van der Waals surface area contributed by atoms with Gasteiger partial charge in [0.1, 0.15) is 5.54 Å². The van der Waals surface area contributed by atoms with Gasteiger partial charge in [-0.05, 0) is 26.7 Å². The van der Waals surface area contributed by atoms with E-state index >= 15 is 0 Å². The van der Waals surface area contributed by atoms with E-state index in [4.69, 9.17) is 5.73 Å². The van der Waals surface area contributed by atoms with Crippen LogP contribution >= 0.6 is 0 Å². The van der Waals surface area contributed by atoms with Crippen LogP contribution < -0.4 is 11.1 Å². The monoisotopic (exact) mass is 269 g/mol. The van der Waals surface area contributed by atoms with Crippen molar-refractivity contribution in [1.29, 1.82) is 0 Å². The average Bonchev–Trinajstić information content (AvgIpc) is 2.37. The number of primary amides is 1. The molecule has 0 aromatic rings. The van der Waals surface area contributed by atoms with Gasteiger partial charge in [0.2, 0.25) is 5.91 Å². The highest BCUT2D eigenvalue weighted by atomic mass is 16.1. The minimum absolute atomic E-state index is 0.135.